The third kappa shape index (κ3) is 2.37. The van der Waals surface area contributed by atoms with Crippen molar-refractivity contribution in [3.8, 4) is 0 Å². The van der Waals surface area contributed by atoms with Crippen LogP contribution in [-0.2, 0) is 0 Å². The SMILES string of the molecule is CN=Ic1ccc(C(=O)O)cc1. The smallest absolute Gasteiger partial charge is 0.335 e. The zero-order valence-electron chi connectivity index (χ0n) is 6.49. The van der Waals surface area contributed by atoms with Crippen LogP contribution in [0.25, 0.3) is 0 Å². The van der Waals surface area contributed by atoms with Gasteiger partial charge < -0.3 is 5.11 Å². The predicted molar refractivity (Wildman–Crippen MR) is 54.5 cm³/mol. The molecule has 0 saturated heterocycles. The van der Waals surface area contributed by atoms with Crippen LogP contribution in [0, 0.1) is 3.57 Å². The Morgan fingerprint density at radius 3 is 2.42 bits per heavy atom. The van der Waals surface area contributed by atoms with Crippen LogP contribution in [0.3, 0.4) is 0 Å². The molecular formula is C8H8INO2. The number of halogens is 1. The zero-order valence-corrected chi connectivity index (χ0v) is 8.65. The summed E-state index contributed by atoms with van der Waals surface area (Å²) in [5.41, 5.74) is 0.332. The molecule has 1 rings (SSSR count). The quantitative estimate of drug-likeness (QED) is 0.843. The maximum absolute atomic E-state index is 10.5. The van der Waals surface area contributed by atoms with Crippen LogP contribution < -0.4 is 0 Å². The van der Waals surface area contributed by atoms with E-state index >= 15 is 0 Å². The standard InChI is InChI=1S/C8H8INO2/c1-10-9-7-4-2-6(3-5-7)8(11)12/h2-5H,1H3,(H,11,12). The molecule has 0 aliphatic rings. The summed E-state index contributed by atoms with van der Waals surface area (Å²) in [4.78, 5) is 10.5. The molecule has 12 heavy (non-hydrogen) atoms. The first kappa shape index (κ1) is 9.31. The maximum Gasteiger partial charge on any atom is 0.335 e. The summed E-state index contributed by atoms with van der Waals surface area (Å²) in [5.74, 6) is -0.881. The van der Waals surface area contributed by atoms with Crippen LogP contribution in [-0.4, -0.2) is 18.1 Å². The van der Waals surface area contributed by atoms with Gasteiger partial charge in [-0.2, -0.15) is 0 Å². The fourth-order valence-corrected chi connectivity index (χ4v) is 1.98. The van der Waals surface area contributed by atoms with Gasteiger partial charge in [-0.15, -0.1) is 0 Å². The van der Waals surface area contributed by atoms with E-state index in [1.54, 1.807) is 19.2 Å². The second-order valence-corrected chi connectivity index (χ2v) is 4.76. The number of rotatable bonds is 2. The number of carboxylic acid groups (broad SMARTS) is 1. The first-order valence-electron chi connectivity index (χ1n) is 3.30. The van der Waals surface area contributed by atoms with Crippen molar-refractivity contribution < 1.29 is 9.90 Å². The first-order chi connectivity index (χ1) is 5.74. The number of aromatic carboxylic acids is 1. The Morgan fingerprint density at radius 1 is 1.42 bits per heavy atom. The van der Waals surface area contributed by atoms with E-state index in [0.29, 0.717) is 5.56 Å². The van der Waals surface area contributed by atoms with E-state index in [1.165, 1.54) is 0 Å². The van der Waals surface area contributed by atoms with Crippen molar-refractivity contribution >= 4 is 27.0 Å². The molecule has 1 N–H and O–H groups in total. The highest BCUT2D eigenvalue weighted by molar-refractivity contribution is 14.2. The largest absolute Gasteiger partial charge is 0.478 e. The van der Waals surface area contributed by atoms with Crippen molar-refractivity contribution in [1.82, 2.24) is 0 Å². The minimum Gasteiger partial charge on any atom is -0.478 e. The maximum atomic E-state index is 10.5. The molecule has 0 aliphatic carbocycles. The lowest BCUT2D eigenvalue weighted by Crippen LogP contribution is -1.94. The van der Waals surface area contributed by atoms with Gasteiger partial charge in [0.15, 0.2) is 0 Å². The summed E-state index contributed by atoms with van der Waals surface area (Å²) in [6.45, 7) is 0. The second kappa shape index (κ2) is 4.30. The number of carbonyl (C=O) groups is 1. The molecule has 0 aliphatic heterocycles. The second-order valence-electron chi connectivity index (χ2n) is 2.07. The Balaban J connectivity index is 2.93. The summed E-state index contributed by atoms with van der Waals surface area (Å²) in [6, 6.07) is 6.87. The molecule has 0 heterocycles. The molecule has 0 bridgehead atoms. The zero-order chi connectivity index (χ0) is 8.97. The lowest BCUT2D eigenvalue weighted by Gasteiger charge is -1.93. The Bertz CT molecular complexity index is 305. The van der Waals surface area contributed by atoms with Crippen molar-refractivity contribution in [1.29, 1.82) is 0 Å². The van der Waals surface area contributed by atoms with Crippen molar-refractivity contribution in [2.75, 3.05) is 7.05 Å². The van der Waals surface area contributed by atoms with Crippen molar-refractivity contribution in [2.24, 2.45) is 3.15 Å². The summed E-state index contributed by atoms with van der Waals surface area (Å²) >= 11 is -0.271. The van der Waals surface area contributed by atoms with Crippen LogP contribution in [0.1, 0.15) is 10.4 Å². The van der Waals surface area contributed by atoms with Crippen LogP contribution >= 0.6 is 21.0 Å². The molecule has 0 aromatic heterocycles. The average Bonchev–Trinajstić information content (AvgIpc) is 2.06. The Morgan fingerprint density at radius 2 is 2.00 bits per heavy atom. The molecule has 0 amide bonds. The molecule has 4 heteroatoms. The van der Waals surface area contributed by atoms with E-state index < -0.39 is 5.97 Å². The Hall–Kier alpha value is -0.780. The normalized spacial score (nSPS) is 11.1. The minimum absolute atomic E-state index is 0.271. The van der Waals surface area contributed by atoms with Gasteiger partial charge in [0.2, 0.25) is 0 Å². The van der Waals surface area contributed by atoms with Gasteiger partial charge >= 0.3 is 5.97 Å². The molecule has 0 saturated carbocycles. The molecule has 0 fully saturated rings. The number of nitrogens with zero attached hydrogens (tertiary/aromatic N) is 1. The van der Waals surface area contributed by atoms with Gasteiger partial charge in [-0.25, -0.2) is 4.79 Å². The van der Waals surface area contributed by atoms with E-state index in [2.05, 4.69) is 3.15 Å². The molecule has 0 unspecified atom stereocenters. The number of hydrogen-bond donors (Lipinski definition) is 1. The lowest BCUT2D eigenvalue weighted by molar-refractivity contribution is 0.0697. The highest BCUT2D eigenvalue weighted by Crippen LogP contribution is 2.13. The van der Waals surface area contributed by atoms with Gasteiger partial charge in [-0.05, 0) is 24.3 Å². The summed E-state index contributed by atoms with van der Waals surface area (Å²) in [5, 5.41) is 8.59. The van der Waals surface area contributed by atoms with Gasteiger partial charge in [-0.3, -0.25) is 3.15 Å². The van der Waals surface area contributed by atoms with Crippen molar-refractivity contribution in [3.05, 3.63) is 33.4 Å². The van der Waals surface area contributed by atoms with Gasteiger partial charge in [0.25, 0.3) is 0 Å². The number of hydrogen-bond acceptors (Lipinski definition) is 2. The van der Waals surface area contributed by atoms with Crippen LogP contribution in [0.5, 0.6) is 0 Å². The van der Waals surface area contributed by atoms with Crippen molar-refractivity contribution in [2.45, 2.75) is 0 Å². The number of carboxylic acids is 1. The fourth-order valence-electron chi connectivity index (χ4n) is 0.746. The Labute approximate surface area is 80.6 Å². The van der Waals surface area contributed by atoms with Gasteiger partial charge in [0, 0.05) is 31.7 Å². The topological polar surface area (TPSA) is 49.7 Å². The molecule has 0 spiro atoms. The van der Waals surface area contributed by atoms with E-state index in [4.69, 9.17) is 5.11 Å². The van der Waals surface area contributed by atoms with Gasteiger partial charge in [0.1, 0.15) is 0 Å². The molecule has 0 radical (unpaired) electrons. The predicted octanol–water partition coefficient (Wildman–Crippen LogP) is 2.34. The van der Waals surface area contributed by atoms with Crippen LogP contribution in [0.15, 0.2) is 27.4 Å². The molecule has 0 atom stereocenters. The molecular weight excluding hydrogens is 269 g/mol. The van der Waals surface area contributed by atoms with E-state index in [-0.39, 0.29) is 21.0 Å². The highest BCUT2D eigenvalue weighted by Gasteiger charge is 1.99. The molecule has 64 valence electrons. The molecule has 3 nitrogen and oxygen atoms in total. The summed E-state index contributed by atoms with van der Waals surface area (Å²) in [7, 11) is 1.78. The monoisotopic (exact) mass is 277 g/mol. The lowest BCUT2D eigenvalue weighted by atomic mass is 10.2. The van der Waals surface area contributed by atoms with E-state index in [9.17, 15) is 4.79 Å². The average molecular weight is 277 g/mol. The highest BCUT2D eigenvalue weighted by atomic mass is 127. The van der Waals surface area contributed by atoms with Gasteiger partial charge in [0.05, 0.1) is 5.56 Å². The minimum atomic E-state index is -0.881. The molecule has 1 aromatic carbocycles. The molecule has 1 aromatic rings. The first-order valence-corrected chi connectivity index (χ1v) is 5.35. The van der Waals surface area contributed by atoms with Crippen molar-refractivity contribution in [3.63, 3.8) is 0 Å². The third-order valence-electron chi connectivity index (χ3n) is 1.27. The number of benzene rings is 1. The van der Waals surface area contributed by atoms with Crippen LogP contribution in [0.4, 0.5) is 0 Å². The fraction of sp³-hybridized carbons (Fsp3) is 0.125. The van der Waals surface area contributed by atoms with Gasteiger partial charge in [-0.1, -0.05) is 0 Å². The third-order valence-corrected chi connectivity index (χ3v) is 3.03. The van der Waals surface area contributed by atoms with E-state index in [0.717, 1.165) is 3.57 Å². The summed E-state index contributed by atoms with van der Waals surface area (Å²) < 4.78 is 5.18. The summed E-state index contributed by atoms with van der Waals surface area (Å²) in [6.07, 6.45) is 0. The van der Waals surface area contributed by atoms with Crippen LogP contribution in [0.2, 0.25) is 0 Å². The Kier molecular flexibility index (Phi) is 3.33. The van der Waals surface area contributed by atoms with E-state index in [1.807, 2.05) is 12.1 Å².